The van der Waals surface area contributed by atoms with E-state index in [1.165, 1.54) is 12.1 Å². The van der Waals surface area contributed by atoms with Gasteiger partial charge in [-0.15, -0.1) is 0 Å². The molecule has 1 aromatic heterocycles. The number of para-hydroxylation sites is 1. The quantitative estimate of drug-likeness (QED) is 0.724. The molecule has 3 N–H and O–H groups in total. The van der Waals surface area contributed by atoms with Crippen LogP contribution in [0.15, 0.2) is 59.5 Å². The number of benzene rings is 2. The number of anilines is 1. The van der Waals surface area contributed by atoms with Crippen molar-refractivity contribution in [2.24, 2.45) is 5.14 Å². The van der Waals surface area contributed by atoms with Crippen LogP contribution in [0.5, 0.6) is 0 Å². The number of tetrazole rings is 1. The molecule has 0 bridgehead atoms. The second-order valence-electron chi connectivity index (χ2n) is 5.23. The van der Waals surface area contributed by atoms with Crippen LogP contribution >= 0.6 is 0 Å². The van der Waals surface area contributed by atoms with Gasteiger partial charge >= 0.3 is 0 Å². The second-order valence-corrected chi connectivity index (χ2v) is 6.79. The monoisotopic (exact) mass is 344 g/mol. The zero-order valence-corrected chi connectivity index (χ0v) is 13.7. The molecule has 8 nitrogen and oxygen atoms in total. The third-order valence-electron chi connectivity index (χ3n) is 3.52. The Balaban J connectivity index is 1.81. The molecule has 1 atom stereocenters. The summed E-state index contributed by atoms with van der Waals surface area (Å²) in [6.07, 6.45) is 0. The molecule has 24 heavy (non-hydrogen) atoms. The number of hydrogen-bond donors (Lipinski definition) is 2. The van der Waals surface area contributed by atoms with Crippen molar-refractivity contribution < 1.29 is 8.42 Å². The molecule has 3 rings (SSSR count). The molecular weight excluding hydrogens is 328 g/mol. The van der Waals surface area contributed by atoms with Gasteiger partial charge in [-0.25, -0.2) is 13.6 Å². The Morgan fingerprint density at radius 1 is 1.08 bits per heavy atom. The summed E-state index contributed by atoms with van der Waals surface area (Å²) in [5.74, 6) is 0.490. The fraction of sp³-hybridized carbons (Fsp3) is 0.133. The van der Waals surface area contributed by atoms with Crippen LogP contribution in [0.2, 0.25) is 0 Å². The van der Waals surface area contributed by atoms with E-state index in [4.69, 9.17) is 5.14 Å². The summed E-state index contributed by atoms with van der Waals surface area (Å²) in [5.41, 5.74) is 1.71. The zero-order chi connectivity index (χ0) is 17.2. The standard InChI is InChI=1S/C15H16N6O2S/c1-11(12-7-9-14(10-8-12)24(16,22)23)17-15-18-19-20-21(15)13-5-3-2-4-6-13/h2-11H,1H3,(H2,16,22,23)(H,17,18,20). The normalized spacial score (nSPS) is 12.8. The van der Waals surface area contributed by atoms with Crippen LogP contribution in [0.3, 0.4) is 0 Å². The molecule has 0 saturated heterocycles. The predicted molar refractivity (Wildman–Crippen MR) is 89.0 cm³/mol. The number of rotatable bonds is 5. The van der Waals surface area contributed by atoms with Gasteiger partial charge in [-0.1, -0.05) is 35.4 Å². The smallest absolute Gasteiger partial charge is 0.248 e. The summed E-state index contributed by atoms with van der Waals surface area (Å²) in [7, 11) is -3.69. The number of nitrogens with two attached hydrogens (primary N) is 1. The lowest BCUT2D eigenvalue weighted by Crippen LogP contribution is -2.14. The van der Waals surface area contributed by atoms with Gasteiger partial charge in [0.15, 0.2) is 0 Å². The lowest BCUT2D eigenvalue weighted by atomic mass is 10.1. The van der Waals surface area contributed by atoms with Crippen LogP contribution in [-0.4, -0.2) is 28.6 Å². The molecule has 0 saturated carbocycles. The van der Waals surface area contributed by atoms with Crippen molar-refractivity contribution in [2.75, 3.05) is 5.32 Å². The Hall–Kier alpha value is -2.78. The highest BCUT2D eigenvalue weighted by molar-refractivity contribution is 7.89. The van der Waals surface area contributed by atoms with E-state index in [-0.39, 0.29) is 10.9 Å². The highest BCUT2D eigenvalue weighted by Gasteiger charge is 2.13. The SMILES string of the molecule is CC(Nc1nnnn1-c1ccccc1)c1ccc(S(N)(=O)=O)cc1. The Kier molecular flexibility index (Phi) is 4.28. The summed E-state index contributed by atoms with van der Waals surface area (Å²) >= 11 is 0. The molecule has 0 aliphatic rings. The van der Waals surface area contributed by atoms with E-state index in [0.717, 1.165) is 11.3 Å². The molecule has 0 spiro atoms. The maximum absolute atomic E-state index is 11.3. The molecule has 124 valence electrons. The zero-order valence-electron chi connectivity index (χ0n) is 12.9. The summed E-state index contributed by atoms with van der Waals surface area (Å²) in [4.78, 5) is 0.0765. The first-order valence-electron chi connectivity index (χ1n) is 7.18. The van der Waals surface area contributed by atoms with Gasteiger partial charge in [-0.2, -0.15) is 4.68 Å². The van der Waals surface area contributed by atoms with Crippen molar-refractivity contribution in [3.63, 3.8) is 0 Å². The maximum atomic E-state index is 11.3. The summed E-state index contributed by atoms with van der Waals surface area (Å²) in [6, 6.07) is 15.7. The highest BCUT2D eigenvalue weighted by Crippen LogP contribution is 2.20. The van der Waals surface area contributed by atoms with Crippen LogP contribution in [0.4, 0.5) is 5.95 Å². The van der Waals surface area contributed by atoms with E-state index in [9.17, 15) is 8.42 Å². The van der Waals surface area contributed by atoms with Crippen LogP contribution in [-0.2, 0) is 10.0 Å². The van der Waals surface area contributed by atoms with Gasteiger partial charge in [0.25, 0.3) is 0 Å². The number of nitrogens with one attached hydrogen (secondary N) is 1. The van der Waals surface area contributed by atoms with E-state index in [1.807, 2.05) is 37.3 Å². The van der Waals surface area contributed by atoms with Crippen molar-refractivity contribution in [1.82, 2.24) is 20.2 Å². The first kappa shape index (κ1) is 16.1. The van der Waals surface area contributed by atoms with Crippen LogP contribution in [0.25, 0.3) is 5.69 Å². The molecule has 0 amide bonds. The van der Waals surface area contributed by atoms with Crippen molar-refractivity contribution >= 4 is 16.0 Å². The minimum absolute atomic E-state index is 0.0765. The van der Waals surface area contributed by atoms with Crippen molar-refractivity contribution in [1.29, 1.82) is 0 Å². The van der Waals surface area contributed by atoms with Gasteiger partial charge in [0.2, 0.25) is 16.0 Å². The number of primary sulfonamides is 1. The largest absolute Gasteiger partial charge is 0.346 e. The van der Waals surface area contributed by atoms with E-state index < -0.39 is 10.0 Å². The van der Waals surface area contributed by atoms with E-state index in [1.54, 1.807) is 16.8 Å². The van der Waals surface area contributed by atoms with Gasteiger partial charge in [-0.3, -0.25) is 0 Å². The molecule has 2 aromatic carbocycles. The van der Waals surface area contributed by atoms with E-state index in [0.29, 0.717) is 5.95 Å². The van der Waals surface area contributed by atoms with Crippen LogP contribution < -0.4 is 10.5 Å². The maximum Gasteiger partial charge on any atom is 0.248 e. The topological polar surface area (TPSA) is 116 Å². The van der Waals surface area contributed by atoms with Gasteiger partial charge in [0, 0.05) is 0 Å². The Labute approximate surface area is 139 Å². The number of sulfonamides is 1. The highest BCUT2D eigenvalue weighted by atomic mass is 32.2. The average Bonchev–Trinajstić information content (AvgIpc) is 3.03. The van der Waals surface area contributed by atoms with E-state index >= 15 is 0 Å². The Bertz CT molecular complexity index is 922. The summed E-state index contributed by atoms with van der Waals surface area (Å²) in [6.45, 7) is 1.93. The van der Waals surface area contributed by atoms with Gasteiger partial charge < -0.3 is 5.32 Å². The first-order chi connectivity index (χ1) is 11.4. The minimum atomic E-state index is -3.69. The molecule has 0 aliphatic carbocycles. The van der Waals surface area contributed by atoms with Crippen molar-refractivity contribution in [3.05, 3.63) is 60.2 Å². The third kappa shape index (κ3) is 3.42. The molecule has 0 fully saturated rings. The summed E-state index contributed by atoms with van der Waals surface area (Å²) < 4.78 is 24.2. The van der Waals surface area contributed by atoms with Gasteiger partial charge in [-0.05, 0) is 47.2 Å². The van der Waals surface area contributed by atoms with Crippen molar-refractivity contribution in [3.8, 4) is 5.69 Å². The fourth-order valence-electron chi connectivity index (χ4n) is 2.24. The molecular formula is C15H16N6O2S. The molecule has 1 unspecified atom stereocenters. The van der Waals surface area contributed by atoms with Crippen LogP contribution in [0.1, 0.15) is 18.5 Å². The molecule has 3 aromatic rings. The minimum Gasteiger partial charge on any atom is -0.346 e. The van der Waals surface area contributed by atoms with E-state index in [2.05, 4.69) is 20.8 Å². The second kappa shape index (κ2) is 6.38. The molecule has 0 aliphatic heterocycles. The number of aromatic nitrogens is 4. The molecule has 0 radical (unpaired) electrons. The fourth-order valence-corrected chi connectivity index (χ4v) is 2.76. The van der Waals surface area contributed by atoms with Gasteiger partial charge in [0.05, 0.1) is 16.6 Å². The molecule has 1 heterocycles. The van der Waals surface area contributed by atoms with Crippen LogP contribution in [0, 0.1) is 0 Å². The lowest BCUT2D eigenvalue weighted by Gasteiger charge is -2.15. The Morgan fingerprint density at radius 3 is 2.38 bits per heavy atom. The molecule has 9 heteroatoms. The van der Waals surface area contributed by atoms with Crippen molar-refractivity contribution in [2.45, 2.75) is 17.9 Å². The number of nitrogens with zero attached hydrogens (tertiary/aromatic N) is 4. The predicted octanol–water partition coefficient (Wildman–Crippen LogP) is 1.48. The summed E-state index contributed by atoms with van der Waals surface area (Å²) in [5, 5.41) is 20.0. The average molecular weight is 344 g/mol. The number of hydrogen-bond acceptors (Lipinski definition) is 6. The Morgan fingerprint density at radius 2 is 1.75 bits per heavy atom. The lowest BCUT2D eigenvalue weighted by molar-refractivity contribution is 0.597. The first-order valence-corrected chi connectivity index (χ1v) is 8.73. The van der Waals surface area contributed by atoms with Gasteiger partial charge in [0.1, 0.15) is 0 Å². The third-order valence-corrected chi connectivity index (χ3v) is 4.45.